The normalized spacial score (nSPS) is 9.71. The lowest BCUT2D eigenvalue weighted by Crippen LogP contribution is -1.98. The van der Waals surface area contributed by atoms with Crippen LogP contribution >= 0.6 is 38.5 Å². The summed E-state index contributed by atoms with van der Waals surface area (Å²) in [7, 11) is 0. The van der Waals surface area contributed by atoms with Crippen LogP contribution in [0, 0.1) is 14.9 Å². The minimum atomic E-state index is 0.476. The molecule has 0 aliphatic heterocycles. The van der Waals surface area contributed by atoms with Crippen LogP contribution in [0.3, 0.4) is 0 Å². The summed E-state index contributed by atoms with van der Waals surface area (Å²) in [6.45, 7) is 0. The first-order chi connectivity index (χ1) is 8.19. The van der Waals surface area contributed by atoms with Gasteiger partial charge in [0.1, 0.15) is 6.07 Å². The van der Waals surface area contributed by atoms with Crippen molar-refractivity contribution in [3.8, 4) is 6.07 Å². The Kier molecular flexibility index (Phi) is 3.91. The highest BCUT2D eigenvalue weighted by Gasteiger charge is 2.04. The van der Waals surface area contributed by atoms with Crippen molar-refractivity contribution in [2.45, 2.75) is 0 Å². The molecule has 0 atom stereocenters. The Hall–Kier alpha value is -1.20. The molecule has 4 nitrogen and oxygen atoms in total. The van der Waals surface area contributed by atoms with Gasteiger partial charge in [0, 0.05) is 20.4 Å². The highest BCUT2D eigenvalue weighted by molar-refractivity contribution is 14.1. The summed E-state index contributed by atoms with van der Waals surface area (Å²) in [6, 6.07) is 7.53. The van der Waals surface area contributed by atoms with E-state index in [0.717, 1.165) is 8.04 Å². The molecular formula is C11H6BrIN4. The van der Waals surface area contributed by atoms with Crippen LogP contribution in [0.2, 0.25) is 0 Å². The molecule has 1 aromatic carbocycles. The molecule has 0 unspecified atom stereocenters. The number of benzene rings is 1. The summed E-state index contributed by atoms with van der Waals surface area (Å²) in [5.74, 6) is 0.476. The Balaban J connectivity index is 2.30. The van der Waals surface area contributed by atoms with Gasteiger partial charge < -0.3 is 5.32 Å². The average molecular weight is 401 g/mol. The summed E-state index contributed by atoms with van der Waals surface area (Å²) >= 11 is 5.46. The topological polar surface area (TPSA) is 61.6 Å². The Morgan fingerprint density at radius 2 is 2.00 bits per heavy atom. The van der Waals surface area contributed by atoms with Crippen molar-refractivity contribution in [1.29, 1.82) is 5.26 Å². The molecule has 0 saturated carbocycles. The van der Waals surface area contributed by atoms with E-state index in [4.69, 9.17) is 5.26 Å². The quantitative estimate of drug-likeness (QED) is 0.784. The van der Waals surface area contributed by atoms with Gasteiger partial charge in [-0.3, -0.25) is 0 Å². The van der Waals surface area contributed by atoms with Crippen LogP contribution in [0.15, 0.2) is 35.1 Å². The first-order valence-electron chi connectivity index (χ1n) is 4.63. The average Bonchev–Trinajstić information content (AvgIpc) is 2.34. The number of nitriles is 1. The molecule has 1 N–H and O–H groups in total. The van der Waals surface area contributed by atoms with E-state index in [-0.39, 0.29) is 0 Å². The molecule has 0 spiro atoms. The van der Waals surface area contributed by atoms with Crippen LogP contribution in [0.5, 0.6) is 0 Å². The van der Waals surface area contributed by atoms with Gasteiger partial charge in [0.25, 0.3) is 0 Å². The fraction of sp³-hybridized carbons (Fsp3) is 0. The van der Waals surface area contributed by atoms with E-state index in [2.05, 4.69) is 59.9 Å². The van der Waals surface area contributed by atoms with Gasteiger partial charge >= 0.3 is 0 Å². The maximum atomic E-state index is 9.01. The van der Waals surface area contributed by atoms with Gasteiger partial charge in [0.2, 0.25) is 5.95 Å². The molecule has 84 valence electrons. The molecule has 0 saturated heterocycles. The second kappa shape index (κ2) is 5.42. The van der Waals surface area contributed by atoms with Crippen LogP contribution in [-0.2, 0) is 0 Å². The number of anilines is 2. The van der Waals surface area contributed by atoms with Crippen LogP contribution < -0.4 is 5.32 Å². The van der Waals surface area contributed by atoms with Crippen LogP contribution in [0.25, 0.3) is 0 Å². The lowest BCUT2D eigenvalue weighted by molar-refractivity contribution is 1.15. The third kappa shape index (κ3) is 3.14. The Morgan fingerprint density at radius 3 is 2.65 bits per heavy atom. The van der Waals surface area contributed by atoms with Crippen molar-refractivity contribution < 1.29 is 0 Å². The maximum absolute atomic E-state index is 9.01. The molecule has 0 fully saturated rings. The summed E-state index contributed by atoms with van der Waals surface area (Å²) in [6.07, 6.45) is 3.42. The molecular weight excluding hydrogens is 395 g/mol. The van der Waals surface area contributed by atoms with Crippen molar-refractivity contribution in [3.63, 3.8) is 0 Å². The molecule has 0 amide bonds. The standard InChI is InChI=1S/C11H6BrIN4/c12-8-1-2-10(7(3-8)4-14)17-11-15-5-9(13)6-16-11/h1-3,5-6H,(H,15,16,17). The first-order valence-corrected chi connectivity index (χ1v) is 6.50. The van der Waals surface area contributed by atoms with E-state index in [1.165, 1.54) is 0 Å². The van der Waals surface area contributed by atoms with Crippen LogP contribution in [0.1, 0.15) is 5.56 Å². The van der Waals surface area contributed by atoms with Crippen molar-refractivity contribution in [2.75, 3.05) is 5.32 Å². The second-order valence-electron chi connectivity index (χ2n) is 3.15. The van der Waals surface area contributed by atoms with Gasteiger partial charge in [-0.1, -0.05) is 15.9 Å². The van der Waals surface area contributed by atoms with Gasteiger partial charge in [0.15, 0.2) is 0 Å². The number of halogens is 2. The number of nitrogens with one attached hydrogen (secondary N) is 1. The third-order valence-electron chi connectivity index (χ3n) is 1.97. The molecule has 1 aromatic heterocycles. The summed E-state index contributed by atoms with van der Waals surface area (Å²) in [4.78, 5) is 8.24. The summed E-state index contributed by atoms with van der Waals surface area (Å²) in [5, 5.41) is 12.0. The number of nitrogens with zero attached hydrogens (tertiary/aromatic N) is 3. The number of aromatic nitrogens is 2. The number of hydrogen-bond acceptors (Lipinski definition) is 4. The molecule has 0 aliphatic rings. The fourth-order valence-corrected chi connectivity index (χ4v) is 1.85. The highest BCUT2D eigenvalue weighted by atomic mass is 127. The van der Waals surface area contributed by atoms with Crippen LogP contribution in [-0.4, -0.2) is 9.97 Å². The lowest BCUT2D eigenvalue weighted by atomic mass is 10.2. The predicted molar refractivity (Wildman–Crippen MR) is 76.9 cm³/mol. The molecule has 0 aliphatic carbocycles. The highest BCUT2D eigenvalue weighted by Crippen LogP contribution is 2.22. The van der Waals surface area contributed by atoms with Gasteiger partial charge in [0.05, 0.1) is 11.3 Å². The minimum absolute atomic E-state index is 0.476. The number of hydrogen-bond donors (Lipinski definition) is 1. The van der Waals surface area contributed by atoms with E-state index < -0.39 is 0 Å². The van der Waals surface area contributed by atoms with Crippen molar-refractivity contribution in [1.82, 2.24) is 9.97 Å². The Labute approximate surface area is 120 Å². The largest absolute Gasteiger partial charge is 0.323 e. The molecule has 0 bridgehead atoms. The van der Waals surface area contributed by atoms with Crippen molar-refractivity contribution in [3.05, 3.63) is 44.2 Å². The van der Waals surface area contributed by atoms with Gasteiger partial charge in [-0.05, 0) is 40.8 Å². The number of rotatable bonds is 2. The predicted octanol–water partition coefficient (Wildman–Crippen LogP) is 3.46. The zero-order valence-corrected chi connectivity index (χ0v) is 12.2. The fourth-order valence-electron chi connectivity index (χ4n) is 1.22. The molecule has 1 heterocycles. The van der Waals surface area contributed by atoms with E-state index in [0.29, 0.717) is 17.2 Å². The summed E-state index contributed by atoms with van der Waals surface area (Å²) in [5.41, 5.74) is 1.23. The zero-order chi connectivity index (χ0) is 12.3. The molecule has 0 radical (unpaired) electrons. The van der Waals surface area contributed by atoms with E-state index >= 15 is 0 Å². The Bertz CT molecular complexity index is 577. The second-order valence-corrected chi connectivity index (χ2v) is 5.31. The van der Waals surface area contributed by atoms with Gasteiger partial charge in [-0.2, -0.15) is 5.26 Å². The molecule has 17 heavy (non-hydrogen) atoms. The summed E-state index contributed by atoms with van der Waals surface area (Å²) < 4.78 is 1.83. The minimum Gasteiger partial charge on any atom is -0.323 e. The van der Waals surface area contributed by atoms with Gasteiger partial charge in [-0.25, -0.2) is 9.97 Å². The SMILES string of the molecule is N#Cc1cc(Br)ccc1Nc1ncc(I)cn1. The molecule has 2 rings (SSSR count). The molecule has 2 aromatic rings. The van der Waals surface area contributed by atoms with Crippen molar-refractivity contribution >= 4 is 50.2 Å². The van der Waals surface area contributed by atoms with E-state index in [1.807, 2.05) is 12.1 Å². The zero-order valence-electron chi connectivity index (χ0n) is 8.48. The Morgan fingerprint density at radius 1 is 1.29 bits per heavy atom. The van der Waals surface area contributed by atoms with Crippen LogP contribution in [0.4, 0.5) is 11.6 Å². The third-order valence-corrected chi connectivity index (χ3v) is 3.02. The van der Waals surface area contributed by atoms with Gasteiger partial charge in [-0.15, -0.1) is 0 Å². The van der Waals surface area contributed by atoms with E-state index in [1.54, 1.807) is 18.5 Å². The van der Waals surface area contributed by atoms with Crippen molar-refractivity contribution in [2.24, 2.45) is 0 Å². The van der Waals surface area contributed by atoms with E-state index in [9.17, 15) is 0 Å². The first kappa shape index (κ1) is 12.3. The lowest BCUT2D eigenvalue weighted by Gasteiger charge is -2.06. The molecule has 6 heteroatoms. The smallest absolute Gasteiger partial charge is 0.227 e. The monoisotopic (exact) mass is 400 g/mol. The maximum Gasteiger partial charge on any atom is 0.227 e.